The minimum absolute atomic E-state index is 0.229. The monoisotopic (exact) mass is 287 g/mol. The predicted molar refractivity (Wildman–Crippen MR) is 84.1 cm³/mol. The SMILES string of the molecule is Cc1ccc(C(C)C)c(OC(CN)c2ccccc2F)c1. The van der Waals surface area contributed by atoms with Crippen LogP contribution in [0.4, 0.5) is 4.39 Å². The number of halogens is 1. The van der Waals surface area contributed by atoms with E-state index >= 15 is 0 Å². The molecule has 0 aliphatic rings. The van der Waals surface area contributed by atoms with Crippen molar-refractivity contribution in [1.29, 1.82) is 0 Å². The molecule has 0 aliphatic heterocycles. The highest BCUT2D eigenvalue weighted by Gasteiger charge is 2.18. The maximum absolute atomic E-state index is 13.9. The van der Waals surface area contributed by atoms with Crippen molar-refractivity contribution in [3.63, 3.8) is 0 Å². The topological polar surface area (TPSA) is 35.2 Å². The predicted octanol–water partition coefficient (Wildman–Crippen LogP) is 4.34. The van der Waals surface area contributed by atoms with Gasteiger partial charge in [-0.25, -0.2) is 4.39 Å². The Kier molecular flexibility index (Phi) is 4.97. The molecule has 0 radical (unpaired) electrons. The molecule has 0 heterocycles. The molecule has 0 fully saturated rings. The summed E-state index contributed by atoms with van der Waals surface area (Å²) in [4.78, 5) is 0. The molecule has 0 aromatic heterocycles. The van der Waals surface area contributed by atoms with E-state index in [-0.39, 0.29) is 12.4 Å². The Morgan fingerprint density at radius 2 is 1.81 bits per heavy atom. The minimum atomic E-state index is -0.481. The van der Waals surface area contributed by atoms with Crippen LogP contribution in [0.25, 0.3) is 0 Å². The van der Waals surface area contributed by atoms with Gasteiger partial charge in [0.15, 0.2) is 0 Å². The summed E-state index contributed by atoms with van der Waals surface area (Å²) in [7, 11) is 0. The van der Waals surface area contributed by atoms with E-state index in [1.54, 1.807) is 18.2 Å². The van der Waals surface area contributed by atoms with Crippen molar-refractivity contribution in [3.8, 4) is 5.75 Å². The van der Waals surface area contributed by atoms with Gasteiger partial charge in [0.05, 0.1) is 0 Å². The van der Waals surface area contributed by atoms with E-state index in [1.165, 1.54) is 6.07 Å². The van der Waals surface area contributed by atoms with E-state index in [0.29, 0.717) is 11.5 Å². The van der Waals surface area contributed by atoms with Gasteiger partial charge >= 0.3 is 0 Å². The zero-order valence-corrected chi connectivity index (χ0v) is 12.8. The fourth-order valence-corrected chi connectivity index (χ4v) is 2.35. The molecule has 1 unspecified atom stereocenters. The average molecular weight is 287 g/mol. The van der Waals surface area contributed by atoms with Crippen LogP contribution >= 0.6 is 0 Å². The molecule has 0 saturated heterocycles. The molecule has 2 rings (SSSR count). The second kappa shape index (κ2) is 6.72. The molecule has 21 heavy (non-hydrogen) atoms. The van der Waals surface area contributed by atoms with Crippen LogP contribution in [0.2, 0.25) is 0 Å². The van der Waals surface area contributed by atoms with E-state index in [2.05, 4.69) is 26.0 Å². The van der Waals surface area contributed by atoms with Crippen molar-refractivity contribution < 1.29 is 9.13 Å². The first-order valence-corrected chi connectivity index (χ1v) is 7.24. The third kappa shape index (κ3) is 3.61. The molecule has 112 valence electrons. The average Bonchev–Trinajstić information content (AvgIpc) is 2.45. The van der Waals surface area contributed by atoms with E-state index in [4.69, 9.17) is 10.5 Å². The summed E-state index contributed by atoms with van der Waals surface area (Å²) >= 11 is 0. The number of rotatable bonds is 5. The molecular formula is C18H22FNO. The molecule has 1 atom stereocenters. The number of aryl methyl sites for hydroxylation is 1. The first kappa shape index (κ1) is 15.5. The number of nitrogens with two attached hydrogens (primary N) is 1. The van der Waals surface area contributed by atoms with Gasteiger partial charge in [0.25, 0.3) is 0 Å². The van der Waals surface area contributed by atoms with Gasteiger partial charge in [0, 0.05) is 12.1 Å². The van der Waals surface area contributed by atoms with Crippen molar-refractivity contribution in [2.75, 3.05) is 6.54 Å². The highest BCUT2D eigenvalue weighted by atomic mass is 19.1. The van der Waals surface area contributed by atoms with Gasteiger partial charge in [0.2, 0.25) is 0 Å². The molecular weight excluding hydrogens is 265 g/mol. The van der Waals surface area contributed by atoms with Crippen LogP contribution in [0.1, 0.15) is 42.6 Å². The minimum Gasteiger partial charge on any atom is -0.484 e. The van der Waals surface area contributed by atoms with Crippen molar-refractivity contribution in [1.82, 2.24) is 0 Å². The zero-order chi connectivity index (χ0) is 15.4. The van der Waals surface area contributed by atoms with Gasteiger partial charge in [-0.05, 0) is 36.1 Å². The first-order valence-electron chi connectivity index (χ1n) is 7.24. The summed E-state index contributed by atoms with van der Waals surface area (Å²) < 4.78 is 20.0. The maximum atomic E-state index is 13.9. The molecule has 0 bridgehead atoms. The highest BCUT2D eigenvalue weighted by molar-refractivity contribution is 5.39. The van der Waals surface area contributed by atoms with Crippen LogP contribution < -0.4 is 10.5 Å². The molecule has 3 heteroatoms. The Morgan fingerprint density at radius 1 is 1.10 bits per heavy atom. The van der Waals surface area contributed by atoms with E-state index < -0.39 is 6.10 Å². The van der Waals surface area contributed by atoms with Crippen LogP contribution in [0, 0.1) is 12.7 Å². The molecule has 0 saturated carbocycles. The van der Waals surface area contributed by atoms with Gasteiger partial charge in [-0.3, -0.25) is 0 Å². The molecule has 2 N–H and O–H groups in total. The third-order valence-corrected chi connectivity index (χ3v) is 3.53. The maximum Gasteiger partial charge on any atom is 0.139 e. The molecule has 0 spiro atoms. The molecule has 0 amide bonds. The van der Waals surface area contributed by atoms with Crippen molar-refractivity contribution in [2.45, 2.75) is 32.8 Å². The van der Waals surface area contributed by atoms with E-state index in [0.717, 1.165) is 16.9 Å². The summed E-state index contributed by atoms with van der Waals surface area (Å²) in [5, 5.41) is 0. The number of hydrogen-bond acceptors (Lipinski definition) is 2. The second-order valence-electron chi connectivity index (χ2n) is 5.56. The summed E-state index contributed by atoms with van der Waals surface area (Å²) in [5.74, 6) is 0.829. The lowest BCUT2D eigenvalue weighted by molar-refractivity contribution is 0.206. The van der Waals surface area contributed by atoms with Crippen molar-refractivity contribution in [3.05, 3.63) is 65.0 Å². The lowest BCUT2D eigenvalue weighted by atomic mass is 10.00. The zero-order valence-electron chi connectivity index (χ0n) is 12.8. The van der Waals surface area contributed by atoms with Crippen molar-refractivity contribution >= 4 is 0 Å². The molecule has 2 aromatic carbocycles. The molecule has 2 nitrogen and oxygen atoms in total. The Labute approximate surface area is 125 Å². The van der Waals surface area contributed by atoms with Crippen LogP contribution in [-0.4, -0.2) is 6.54 Å². The van der Waals surface area contributed by atoms with Gasteiger partial charge in [-0.2, -0.15) is 0 Å². The summed E-state index contributed by atoms with van der Waals surface area (Å²) in [6.07, 6.45) is -0.481. The fourth-order valence-electron chi connectivity index (χ4n) is 2.35. The van der Waals surface area contributed by atoms with Crippen molar-refractivity contribution in [2.24, 2.45) is 5.73 Å². The van der Waals surface area contributed by atoms with Gasteiger partial charge in [-0.15, -0.1) is 0 Å². The number of hydrogen-bond donors (Lipinski definition) is 1. The van der Waals surface area contributed by atoms with E-state index in [9.17, 15) is 4.39 Å². The Balaban J connectivity index is 2.35. The number of ether oxygens (including phenoxy) is 1. The standard InChI is InChI=1S/C18H22FNO/c1-12(2)14-9-8-13(3)10-17(14)21-18(11-20)15-6-4-5-7-16(15)19/h4-10,12,18H,11,20H2,1-3H3. The Bertz CT molecular complexity index is 610. The van der Waals surface area contributed by atoms with Crippen LogP contribution in [-0.2, 0) is 0 Å². The van der Waals surface area contributed by atoms with Gasteiger partial charge in [0.1, 0.15) is 17.7 Å². The largest absolute Gasteiger partial charge is 0.484 e. The second-order valence-corrected chi connectivity index (χ2v) is 5.56. The fraction of sp³-hybridized carbons (Fsp3) is 0.333. The summed E-state index contributed by atoms with van der Waals surface area (Å²) in [6.45, 7) is 6.46. The Hall–Kier alpha value is -1.87. The van der Waals surface area contributed by atoms with Gasteiger partial charge < -0.3 is 10.5 Å². The van der Waals surface area contributed by atoms with E-state index in [1.807, 2.05) is 13.0 Å². The molecule has 0 aliphatic carbocycles. The van der Waals surface area contributed by atoms with Crippen LogP contribution in [0.15, 0.2) is 42.5 Å². The lowest BCUT2D eigenvalue weighted by Gasteiger charge is -2.22. The van der Waals surface area contributed by atoms with Gasteiger partial charge in [-0.1, -0.05) is 44.2 Å². The Morgan fingerprint density at radius 3 is 2.43 bits per heavy atom. The smallest absolute Gasteiger partial charge is 0.139 e. The highest BCUT2D eigenvalue weighted by Crippen LogP contribution is 2.31. The molecule has 2 aromatic rings. The normalized spacial score (nSPS) is 12.5. The number of benzene rings is 2. The quantitative estimate of drug-likeness (QED) is 0.888. The lowest BCUT2D eigenvalue weighted by Crippen LogP contribution is -2.20. The van der Waals surface area contributed by atoms with Crippen LogP contribution in [0.5, 0.6) is 5.75 Å². The summed E-state index contributed by atoms with van der Waals surface area (Å²) in [5.41, 5.74) is 8.51. The third-order valence-electron chi connectivity index (χ3n) is 3.53. The van der Waals surface area contributed by atoms with Crippen LogP contribution in [0.3, 0.4) is 0 Å². The summed E-state index contributed by atoms with van der Waals surface area (Å²) in [6, 6.07) is 12.7. The first-order chi connectivity index (χ1) is 10.0.